The lowest BCUT2D eigenvalue weighted by Gasteiger charge is -2.08. The second-order valence-electron chi connectivity index (χ2n) is 5.63. The molecule has 2 aromatic rings. The van der Waals surface area contributed by atoms with Crippen LogP contribution in [0.4, 0.5) is 0 Å². The molecular weight excluding hydrogens is 268 g/mol. The highest BCUT2D eigenvalue weighted by Crippen LogP contribution is 2.18. The van der Waals surface area contributed by atoms with E-state index in [-0.39, 0.29) is 13.5 Å². The average molecular weight is 292 g/mol. The molecule has 1 amide bonds. The highest BCUT2D eigenvalue weighted by atomic mass is 16.2. The number of nitrogens with zero attached hydrogens (tertiary/aromatic N) is 3. The maximum Gasteiger partial charge on any atom is 0.291 e. The van der Waals surface area contributed by atoms with E-state index in [0.29, 0.717) is 11.4 Å². The summed E-state index contributed by atoms with van der Waals surface area (Å²) in [6.07, 6.45) is 4.74. The van der Waals surface area contributed by atoms with Crippen LogP contribution in [0.3, 0.4) is 0 Å². The molecule has 2 heterocycles. The molecule has 21 heavy (non-hydrogen) atoms. The van der Waals surface area contributed by atoms with Crippen LogP contribution in [0.15, 0.2) is 17.1 Å². The molecule has 2 N–H and O–H groups in total. The summed E-state index contributed by atoms with van der Waals surface area (Å²) >= 11 is 0. The number of primary amides is 1. The summed E-state index contributed by atoms with van der Waals surface area (Å²) in [5.41, 5.74) is 6.56. The van der Waals surface area contributed by atoms with Gasteiger partial charge in [-0.3, -0.25) is 14.0 Å². The van der Waals surface area contributed by atoms with Crippen LogP contribution in [-0.4, -0.2) is 20.1 Å². The second-order valence-corrected chi connectivity index (χ2v) is 5.63. The first kappa shape index (κ1) is 15.3. The first-order valence-electron chi connectivity index (χ1n) is 7.34. The van der Waals surface area contributed by atoms with E-state index in [1.807, 2.05) is 16.7 Å². The Hall–Kier alpha value is -2.11. The number of carbonyl (C=O) groups is 1. The summed E-state index contributed by atoms with van der Waals surface area (Å²) in [6.45, 7) is 6.08. The topological polar surface area (TPSA) is 82.4 Å². The molecule has 6 nitrogen and oxygen atoms in total. The first-order chi connectivity index (χ1) is 9.93. The molecule has 0 radical (unpaired) electrons. The summed E-state index contributed by atoms with van der Waals surface area (Å²) in [4.78, 5) is 23.5. The number of amides is 1. The van der Waals surface area contributed by atoms with Crippen LogP contribution in [-0.2, 0) is 17.8 Å². The molecule has 0 aromatic carbocycles. The largest absolute Gasteiger partial charge is 0.368 e. The Morgan fingerprint density at radius 1 is 1.48 bits per heavy atom. The van der Waals surface area contributed by atoms with Gasteiger partial charge < -0.3 is 5.73 Å². The minimum atomic E-state index is -0.564. The van der Waals surface area contributed by atoms with E-state index in [4.69, 9.17) is 5.73 Å². The maximum atomic E-state index is 12.4. The summed E-state index contributed by atoms with van der Waals surface area (Å²) < 4.78 is 3.03. The van der Waals surface area contributed by atoms with E-state index >= 15 is 0 Å². The molecule has 0 bridgehead atoms. The molecule has 0 spiro atoms. The van der Waals surface area contributed by atoms with Crippen molar-refractivity contribution in [1.82, 2.24) is 14.2 Å². The second kappa shape index (κ2) is 6.11. The standard InChI is InChI=1S/C15H22N4O2.H2/c1-4-5-6-14-17-19(9-13(16)20)15(21)12-7-11(10(2)3)8-18(12)14;/h7-8,10H,4-6,9H2,1-3H3,(H2,16,20);1H. The highest BCUT2D eigenvalue weighted by Gasteiger charge is 2.14. The Labute approximate surface area is 125 Å². The number of fused-ring (bicyclic) bond motifs is 1. The van der Waals surface area contributed by atoms with Gasteiger partial charge in [0.1, 0.15) is 17.9 Å². The summed E-state index contributed by atoms with van der Waals surface area (Å²) in [5.74, 6) is 0.554. The molecule has 2 aromatic heterocycles. The lowest BCUT2D eigenvalue weighted by atomic mass is 10.1. The molecule has 0 fully saturated rings. The number of rotatable bonds is 6. The van der Waals surface area contributed by atoms with Crippen molar-refractivity contribution < 1.29 is 6.22 Å². The number of hydrogen-bond acceptors (Lipinski definition) is 3. The Balaban J connectivity index is 0.00000242. The number of unbranched alkanes of at least 4 members (excludes halogenated alkanes) is 1. The number of carbonyl (C=O) groups excluding carboxylic acids is 1. The van der Waals surface area contributed by atoms with Crippen molar-refractivity contribution in [3.8, 4) is 0 Å². The zero-order valence-corrected chi connectivity index (χ0v) is 12.8. The lowest BCUT2D eigenvalue weighted by molar-refractivity contribution is -0.118. The summed E-state index contributed by atoms with van der Waals surface area (Å²) in [5, 5.41) is 4.32. The molecule has 0 aliphatic carbocycles. The molecule has 6 heteroatoms. The zero-order chi connectivity index (χ0) is 15.6. The Morgan fingerprint density at radius 2 is 2.19 bits per heavy atom. The van der Waals surface area contributed by atoms with Gasteiger partial charge in [0.05, 0.1) is 0 Å². The Kier molecular flexibility index (Phi) is 4.45. The van der Waals surface area contributed by atoms with Crippen LogP contribution < -0.4 is 11.3 Å². The van der Waals surface area contributed by atoms with Crippen molar-refractivity contribution in [2.24, 2.45) is 5.73 Å². The monoisotopic (exact) mass is 292 g/mol. The van der Waals surface area contributed by atoms with Gasteiger partial charge in [-0.2, -0.15) is 5.10 Å². The fraction of sp³-hybridized carbons (Fsp3) is 0.533. The minimum absolute atomic E-state index is 0. The molecular formula is C15H24N4O2. The molecule has 0 aliphatic rings. The normalized spacial score (nSPS) is 11.4. The van der Waals surface area contributed by atoms with Crippen molar-refractivity contribution in [1.29, 1.82) is 0 Å². The van der Waals surface area contributed by atoms with Gasteiger partial charge in [0.15, 0.2) is 0 Å². The van der Waals surface area contributed by atoms with Crippen LogP contribution >= 0.6 is 0 Å². The molecule has 0 aliphatic heterocycles. The smallest absolute Gasteiger partial charge is 0.291 e. The predicted octanol–water partition coefficient (Wildman–Crippen LogP) is 1.69. The van der Waals surface area contributed by atoms with E-state index in [1.54, 1.807) is 0 Å². The van der Waals surface area contributed by atoms with E-state index in [1.165, 1.54) is 4.68 Å². The lowest BCUT2D eigenvalue weighted by Crippen LogP contribution is -2.32. The third kappa shape index (κ3) is 3.15. The van der Waals surface area contributed by atoms with Crippen molar-refractivity contribution in [3.05, 3.63) is 34.0 Å². The van der Waals surface area contributed by atoms with E-state index in [2.05, 4.69) is 25.9 Å². The van der Waals surface area contributed by atoms with Crippen LogP contribution in [0.1, 0.15) is 52.3 Å². The number of aromatic nitrogens is 3. The predicted molar refractivity (Wildman–Crippen MR) is 83.5 cm³/mol. The van der Waals surface area contributed by atoms with Crippen LogP contribution in [0.5, 0.6) is 0 Å². The van der Waals surface area contributed by atoms with Crippen LogP contribution in [0, 0.1) is 0 Å². The quantitative estimate of drug-likeness (QED) is 0.879. The number of nitrogens with two attached hydrogens (primary N) is 1. The molecule has 0 atom stereocenters. The first-order valence-corrected chi connectivity index (χ1v) is 7.34. The van der Waals surface area contributed by atoms with Gasteiger partial charge in [0.2, 0.25) is 5.91 Å². The van der Waals surface area contributed by atoms with Gasteiger partial charge in [-0.15, -0.1) is 0 Å². The molecule has 2 rings (SSSR count). The van der Waals surface area contributed by atoms with Gasteiger partial charge in [0, 0.05) is 14.0 Å². The van der Waals surface area contributed by atoms with Crippen LogP contribution in [0.25, 0.3) is 5.52 Å². The van der Waals surface area contributed by atoms with Gasteiger partial charge in [-0.25, -0.2) is 4.68 Å². The van der Waals surface area contributed by atoms with Crippen molar-refractivity contribution in [2.45, 2.75) is 52.5 Å². The highest BCUT2D eigenvalue weighted by molar-refractivity contribution is 5.73. The number of hydrogen-bond donors (Lipinski definition) is 1. The Bertz CT molecular complexity index is 718. The Morgan fingerprint density at radius 3 is 2.76 bits per heavy atom. The van der Waals surface area contributed by atoms with Gasteiger partial charge in [0.25, 0.3) is 5.56 Å². The fourth-order valence-electron chi connectivity index (χ4n) is 2.30. The molecule has 0 unspecified atom stereocenters. The molecule has 0 saturated heterocycles. The van der Waals surface area contributed by atoms with Crippen molar-refractivity contribution >= 4 is 11.4 Å². The molecule has 116 valence electrons. The van der Waals surface area contributed by atoms with Gasteiger partial charge in [-0.1, -0.05) is 27.2 Å². The number of aryl methyl sites for hydroxylation is 1. The summed E-state index contributed by atoms with van der Waals surface area (Å²) in [6, 6.07) is 1.88. The third-order valence-corrected chi connectivity index (χ3v) is 3.54. The third-order valence-electron chi connectivity index (χ3n) is 3.54. The average Bonchev–Trinajstić information content (AvgIpc) is 2.86. The summed E-state index contributed by atoms with van der Waals surface area (Å²) in [7, 11) is 0. The SMILES string of the molecule is CCCCc1nn(CC(N)=O)c(=O)c2cc(C(C)C)cn12.[HH]. The van der Waals surface area contributed by atoms with Crippen molar-refractivity contribution in [3.63, 3.8) is 0 Å². The van der Waals surface area contributed by atoms with Gasteiger partial charge >= 0.3 is 0 Å². The van der Waals surface area contributed by atoms with Crippen molar-refractivity contribution in [2.75, 3.05) is 0 Å². The minimum Gasteiger partial charge on any atom is -0.368 e. The van der Waals surface area contributed by atoms with Crippen LogP contribution in [0.2, 0.25) is 0 Å². The zero-order valence-electron chi connectivity index (χ0n) is 12.8. The van der Waals surface area contributed by atoms with E-state index in [0.717, 1.165) is 30.7 Å². The van der Waals surface area contributed by atoms with E-state index in [9.17, 15) is 9.59 Å². The maximum absolute atomic E-state index is 12.4. The van der Waals surface area contributed by atoms with Gasteiger partial charge in [-0.05, 0) is 24.0 Å². The molecule has 0 saturated carbocycles. The van der Waals surface area contributed by atoms with E-state index < -0.39 is 5.91 Å². The fourth-order valence-corrected chi connectivity index (χ4v) is 2.30.